The average Bonchev–Trinajstić information content (AvgIpc) is 3.72. The lowest BCUT2D eigenvalue weighted by molar-refractivity contribution is 0.670. The number of nitrogens with zero attached hydrogens (tertiary/aromatic N) is 1. The van der Waals surface area contributed by atoms with E-state index < -0.39 is 0 Å². The van der Waals surface area contributed by atoms with E-state index in [0.29, 0.717) is 0 Å². The lowest BCUT2D eigenvalue weighted by Gasteiger charge is -2.29. The Balaban J connectivity index is 1.10. The summed E-state index contributed by atoms with van der Waals surface area (Å²) in [6.07, 6.45) is 0. The largest absolute Gasteiger partial charge is 0.455 e. The molecule has 0 saturated carbocycles. The van der Waals surface area contributed by atoms with Gasteiger partial charge in [-0.15, -0.1) is 0 Å². The minimum absolute atomic E-state index is 0.894. The van der Waals surface area contributed by atoms with E-state index in [4.69, 9.17) is 4.42 Å². The lowest BCUT2D eigenvalue weighted by atomic mass is 9.93. The fraction of sp³-hybridized carbons (Fsp3) is 0. The molecule has 282 valence electrons. The molecule has 11 rings (SSSR count). The van der Waals surface area contributed by atoms with Gasteiger partial charge in [0.25, 0.3) is 0 Å². The van der Waals surface area contributed by atoms with Crippen molar-refractivity contribution in [2.45, 2.75) is 0 Å². The molecular weight excluding hydrogens is 727 g/mol. The smallest absolute Gasteiger partial charge is 0.143 e. The second-order valence-corrected chi connectivity index (χ2v) is 15.3. The van der Waals surface area contributed by atoms with E-state index in [1.54, 1.807) is 0 Å². The Bertz CT molecular complexity index is 3290. The van der Waals surface area contributed by atoms with Crippen LogP contribution in [-0.4, -0.2) is 0 Å². The van der Waals surface area contributed by atoms with Gasteiger partial charge < -0.3 is 9.32 Å². The summed E-state index contributed by atoms with van der Waals surface area (Å²) in [4.78, 5) is 2.42. The van der Waals surface area contributed by atoms with Crippen LogP contribution >= 0.6 is 0 Å². The highest BCUT2D eigenvalue weighted by molar-refractivity contribution is 6.10. The van der Waals surface area contributed by atoms with Crippen molar-refractivity contribution in [3.05, 3.63) is 237 Å². The molecule has 2 heteroatoms. The molecule has 1 aromatic heterocycles. The summed E-state index contributed by atoms with van der Waals surface area (Å²) in [6, 6.07) is 84.9. The molecule has 0 aliphatic rings. The van der Waals surface area contributed by atoms with Crippen LogP contribution in [0.1, 0.15) is 0 Å². The summed E-state index contributed by atoms with van der Waals surface area (Å²) < 4.78 is 6.56. The Morgan fingerprint density at radius 2 is 0.800 bits per heavy atom. The first-order chi connectivity index (χ1) is 29.7. The normalized spacial score (nSPS) is 11.3. The quantitative estimate of drug-likeness (QED) is 0.153. The molecule has 0 atom stereocenters. The highest BCUT2D eigenvalue weighted by Gasteiger charge is 2.21. The molecule has 0 bridgehead atoms. The Morgan fingerprint density at radius 3 is 1.57 bits per heavy atom. The number of benzene rings is 10. The van der Waals surface area contributed by atoms with Crippen LogP contribution in [-0.2, 0) is 0 Å². The zero-order valence-electron chi connectivity index (χ0n) is 32.9. The van der Waals surface area contributed by atoms with E-state index in [1.807, 2.05) is 12.1 Å². The first kappa shape index (κ1) is 35.2. The maximum atomic E-state index is 6.56. The Hall–Kier alpha value is -7.94. The number of furan rings is 1. The van der Waals surface area contributed by atoms with E-state index in [-0.39, 0.29) is 0 Å². The Kier molecular flexibility index (Phi) is 8.87. The summed E-state index contributed by atoms with van der Waals surface area (Å²) in [5.41, 5.74) is 16.6. The van der Waals surface area contributed by atoms with Crippen LogP contribution in [0.4, 0.5) is 17.1 Å². The number of hydrogen-bond donors (Lipinski definition) is 0. The van der Waals surface area contributed by atoms with Gasteiger partial charge in [0, 0.05) is 33.3 Å². The molecule has 0 saturated heterocycles. The second-order valence-electron chi connectivity index (χ2n) is 15.3. The molecule has 0 amide bonds. The summed E-state index contributed by atoms with van der Waals surface area (Å²) in [5, 5.41) is 4.69. The van der Waals surface area contributed by atoms with Crippen LogP contribution in [0.15, 0.2) is 241 Å². The predicted molar refractivity (Wildman–Crippen MR) is 253 cm³/mol. The molecule has 0 radical (unpaired) electrons. The third-order valence-electron chi connectivity index (χ3n) is 11.7. The first-order valence-electron chi connectivity index (χ1n) is 20.5. The molecule has 0 spiro atoms. The number of anilines is 3. The van der Waals surface area contributed by atoms with Crippen LogP contribution < -0.4 is 4.90 Å². The van der Waals surface area contributed by atoms with E-state index in [0.717, 1.165) is 72.4 Å². The molecule has 2 nitrogen and oxygen atoms in total. The minimum Gasteiger partial charge on any atom is -0.455 e. The van der Waals surface area contributed by atoms with Gasteiger partial charge in [0.05, 0.1) is 5.69 Å². The van der Waals surface area contributed by atoms with Crippen molar-refractivity contribution in [2.75, 3.05) is 4.90 Å². The molecule has 60 heavy (non-hydrogen) atoms. The van der Waals surface area contributed by atoms with Gasteiger partial charge in [0.1, 0.15) is 11.2 Å². The molecule has 0 aliphatic carbocycles. The van der Waals surface area contributed by atoms with Crippen molar-refractivity contribution >= 4 is 49.8 Å². The average molecular weight is 766 g/mol. The monoisotopic (exact) mass is 765 g/mol. The van der Waals surface area contributed by atoms with Crippen molar-refractivity contribution < 1.29 is 4.42 Å². The van der Waals surface area contributed by atoms with E-state index >= 15 is 0 Å². The third kappa shape index (κ3) is 6.41. The fourth-order valence-corrected chi connectivity index (χ4v) is 8.73. The first-order valence-corrected chi connectivity index (χ1v) is 20.5. The molecule has 0 N–H and O–H groups in total. The highest BCUT2D eigenvalue weighted by Crippen LogP contribution is 2.45. The Morgan fingerprint density at radius 1 is 0.283 bits per heavy atom. The van der Waals surface area contributed by atoms with Crippen LogP contribution in [0.2, 0.25) is 0 Å². The van der Waals surface area contributed by atoms with Gasteiger partial charge >= 0.3 is 0 Å². The number of fused-ring (bicyclic) bond motifs is 4. The zero-order chi connectivity index (χ0) is 39.8. The summed E-state index contributed by atoms with van der Waals surface area (Å²) in [7, 11) is 0. The van der Waals surface area contributed by atoms with Crippen molar-refractivity contribution in [3.8, 4) is 55.6 Å². The van der Waals surface area contributed by atoms with Gasteiger partial charge in [-0.2, -0.15) is 0 Å². The topological polar surface area (TPSA) is 16.4 Å². The predicted octanol–water partition coefficient (Wildman–Crippen LogP) is 16.5. The number of rotatable bonds is 8. The third-order valence-corrected chi connectivity index (χ3v) is 11.7. The molecular formula is C58H39NO. The van der Waals surface area contributed by atoms with Crippen molar-refractivity contribution in [2.24, 2.45) is 0 Å². The van der Waals surface area contributed by atoms with Crippen LogP contribution in [0.3, 0.4) is 0 Å². The molecule has 0 unspecified atom stereocenters. The number of hydrogen-bond acceptors (Lipinski definition) is 2. The van der Waals surface area contributed by atoms with Gasteiger partial charge in [-0.3, -0.25) is 0 Å². The van der Waals surface area contributed by atoms with E-state index in [9.17, 15) is 0 Å². The fourth-order valence-electron chi connectivity index (χ4n) is 8.73. The standard InChI is InChI=1S/C58H39NO/c1-3-14-40(15-4-1)41-28-30-42(31-29-41)43-32-35-48(36-33-43)59(49-21-11-20-46(38-49)53-25-13-26-55-54-23-9-10-27-57(54)60-58(53)55)56-39-47(34-37-52(56)45-16-5-2-6-17-45)51-24-12-19-44-18-7-8-22-50(44)51/h1-39H. The maximum Gasteiger partial charge on any atom is 0.143 e. The van der Waals surface area contributed by atoms with Gasteiger partial charge in [0.2, 0.25) is 0 Å². The second kappa shape index (κ2) is 15.1. The molecule has 0 aliphatic heterocycles. The number of para-hydroxylation sites is 2. The molecule has 11 aromatic rings. The minimum atomic E-state index is 0.894. The van der Waals surface area contributed by atoms with Crippen molar-refractivity contribution in [3.63, 3.8) is 0 Å². The van der Waals surface area contributed by atoms with Crippen LogP contribution in [0.5, 0.6) is 0 Å². The zero-order valence-corrected chi connectivity index (χ0v) is 32.9. The van der Waals surface area contributed by atoms with Gasteiger partial charge in [-0.05, 0) is 91.7 Å². The summed E-state index contributed by atoms with van der Waals surface area (Å²) in [6.45, 7) is 0. The van der Waals surface area contributed by atoms with Crippen LogP contribution in [0, 0.1) is 0 Å². The summed E-state index contributed by atoms with van der Waals surface area (Å²) >= 11 is 0. The van der Waals surface area contributed by atoms with E-state index in [1.165, 1.54) is 33.0 Å². The maximum absolute atomic E-state index is 6.56. The van der Waals surface area contributed by atoms with Crippen LogP contribution in [0.25, 0.3) is 88.3 Å². The molecule has 1 heterocycles. The summed E-state index contributed by atoms with van der Waals surface area (Å²) in [5.74, 6) is 0. The van der Waals surface area contributed by atoms with Crippen molar-refractivity contribution in [1.82, 2.24) is 0 Å². The molecule has 10 aromatic carbocycles. The van der Waals surface area contributed by atoms with Gasteiger partial charge in [-0.25, -0.2) is 0 Å². The Labute approximate surface area is 349 Å². The van der Waals surface area contributed by atoms with E-state index in [2.05, 4.69) is 229 Å². The van der Waals surface area contributed by atoms with Gasteiger partial charge in [0.15, 0.2) is 0 Å². The molecule has 0 fully saturated rings. The SMILES string of the molecule is c1ccc(-c2ccc(-c3ccc(N(c4cccc(-c5cccc6c5oc5ccccc56)c4)c4cc(-c5cccc6ccccc56)ccc4-c4ccccc4)cc3)cc2)cc1. The lowest BCUT2D eigenvalue weighted by Crippen LogP contribution is -2.11. The highest BCUT2D eigenvalue weighted by atomic mass is 16.3. The van der Waals surface area contributed by atoms with Gasteiger partial charge in [-0.1, -0.05) is 200 Å². The van der Waals surface area contributed by atoms with Crippen molar-refractivity contribution in [1.29, 1.82) is 0 Å².